The summed E-state index contributed by atoms with van der Waals surface area (Å²) in [6.07, 6.45) is 1.08. The number of hydrogen-bond acceptors (Lipinski definition) is 4. The highest BCUT2D eigenvalue weighted by molar-refractivity contribution is 5.91. The molecule has 3 rings (SSSR count). The van der Waals surface area contributed by atoms with Crippen molar-refractivity contribution in [3.63, 3.8) is 0 Å². The first-order chi connectivity index (χ1) is 14.0. The van der Waals surface area contributed by atoms with E-state index in [1.807, 2.05) is 18.2 Å². The SMILES string of the molecule is C[C@@H](/C=C/C(=O)O)[C@@H](OC(=O)Nc1ccccc1)c1ccc(O)c2ccccc12. The van der Waals surface area contributed by atoms with Gasteiger partial charge in [-0.25, -0.2) is 9.59 Å². The molecule has 148 valence electrons. The highest BCUT2D eigenvalue weighted by atomic mass is 16.6. The number of carboxylic acids is 1. The zero-order chi connectivity index (χ0) is 20.8. The fourth-order valence-electron chi connectivity index (χ4n) is 3.13. The minimum atomic E-state index is -1.08. The second kappa shape index (κ2) is 8.93. The van der Waals surface area contributed by atoms with E-state index in [1.54, 1.807) is 49.4 Å². The lowest BCUT2D eigenvalue weighted by molar-refractivity contribution is -0.131. The third kappa shape index (κ3) is 4.93. The minimum absolute atomic E-state index is 0.116. The van der Waals surface area contributed by atoms with Gasteiger partial charge in [0.15, 0.2) is 0 Å². The van der Waals surface area contributed by atoms with Crippen LogP contribution in [0.4, 0.5) is 10.5 Å². The smallest absolute Gasteiger partial charge is 0.412 e. The van der Waals surface area contributed by atoms with Gasteiger partial charge in [-0.05, 0) is 23.6 Å². The topological polar surface area (TPSA) is 95.9 Å². The Bertz CT molecular complexity index is 1050. The standard InChI is InChI=1S/C23H21NO5/c1-15(11-14-21(26)27)22(29-23(28)24-16-7-3-2-4-8-16)19-12-13-20(25)18-10-6-5-9-17(18)19/h2-15,22,25H,1H3,(H,24,28)(H,26,27)/b14-11+/t15-,22+/m0/s1. The Labute approximate surface area is 168 Å². The number of phenolic OH excluding ortho intramolecular Hbond substituents is 1. The number of carbonyl (C=O) groups excluding carboxylic acids is 1. The van der Waals surface area contributed by atoms with Gasteiger partial charge in [0.25, 0.3) is 0 Å². The number of amides is 1. The number of aromatic hydroxyl groups is 1. The Morgan fingerprint density at radius 1 is 0.966 bits per heavy atom. The van der Waals surface area contributed by atoms with Crippen LogP contribution in [0.15, 0.2) is 78.9 Å². The summed E-state index contributed by atoms with van der Waals surface area (Å²) in [6, 6.07) is 19.3. The zero-order valence-electron chi connectivity index (χ0n) is 15.8. The van der Waals surface area contributed by atoms with Crippen molar-refractivity contribution < 1.29 is 24.5 Å². The molecule has 0 unspecified atom stereocenters. The lowest BCUT2D eigenvalue weighted by atomic mass is 9.92. The summed E-state index contributed by atoms with van der Waals surface area (Å²) in [4.78, 5) is 23.5. The molecule has 0 fully saturated rings. The molecule has 6 heteroatoms. The van der Waals surface area contributed by atoms with Crippen LogP contribution in [0, 0.1) is 5.92 Å². The van der Waals surface area contributed by atoms with Crippen LogP contribution in [0.2, 0.25) is 0 Å². The van der Waals surface area contributed by atoms with Crippen molar-refractivity contribution in [2.45, 2.75) is 13.0 Å². The Hall–Kier alpha value is -3.80. The van der Waals surface area contributed by atoms with E-state index in [4.69, 9.17) is 9.84 Å². The Kier molecular flexibility index (Phi) is 6.14. The number of rotatable bonds is 6. The summed E-state index contributed by atoms with van der Waals surface area (Å²) in [7, 11) is 0. The maximum atomic E-state index is 12.5. The van der Waals surface area contributed by atoms with Crippen molar-refractivity contribution in [2.24, 2.45) is 5.92 Å². The lowest BCUT2D eigenvalue weighted by Crippen LogP contribution is -2.21. The highest BCUT2D eigenvalue weighted by Gasteiger charge is 2.25. The normalized spacial score (nSPS) is 13.1. The quantitative estimate of drug-likeness (QED) is 0.507. The van der Waals surface area contributed by atoms with Crippen LogP contribution in [0.25, 0.3) is 10.8 Å². The van der Waals surface area contributed by atoms with Crippen LogP contribution in [0.1, 0.15) is 18.6 Å². The Morgan fingerprint density at radius 2 is 1.62 bits per heavy atom. The first-order valence-corrected chi connectivity index (χ1v) is 9.10. The summed E-state index contributed by atoms with van der Waals surface area (Å²) in [6.45, 7) is 1.77. The van der Waals surface area contributed by atoms with E-state index in [1.165, 1.54) is 12.1 Å². The van der Waals surface area contributed by atoms with E-state index in [0.29, 0.717) is 16.6 Å². The van der Waals surface area contributed by atoms with Crippen LogP contribution in [-0.4, -0.2) is 22.3 Å². The molecule has 3 aromatic rings. The van der Waals surface area contributed by atoms with Gasteiger partial charge in [-0.1, -0.05) is 61.5 Å². The molecule has 1 amide bonds. The lowest BCUT2D eigenvalue weighted by Gasteiger charge is -2.24. The highest BCUT2D eigenvalue weighted by Crippen LogP contribution is 2.36. The monoisotopic (exact) mass is 391 g/mol. The molecule has 0 aromatic heterocycles. The van der Waals surface area contributed by atoms with Crippen LogP contribution >= 0.6 is 0 Å². The molecule has 0 radical (unpaired) electrons. The maximum Gasteiger partial charge on any atom is 0.412 e. The summed E-state index contributed by atoms with van der Waals surface area (Å²) in [5.41, 5.74) is 1.25. The van der Waals surface area contributed by atoms with Gasteiger partial charge >= 0.3 is 12.1 Å². The molecule has 29 heavy (non-hydrogen) atoms. The van der Waals surface area contributed by atoms with Crippen LogP contribution in [0.5, 0.6) is 5.75 Å². The Morgan fingerprint density at radius 3 is 2.31 bits per heavy atom. The third-order valence-electron chi connectivity index (χ3n) is 4.52. The molecule has 3 aromatic carbocycles. The van der Waals surface area contributed by atoms with Gasteiger partial charge in [0.05, 0.1) is 0 Å². The van der Waals surface area contributed by atoms with E-state index in [-0.39, 0.29) is 5.75 Å². The molecule has 0 saturated heterocycles. The number of carbonyl (C=O) groups is 2. The van der Waals surface area contributed by atoms with Gasteiger partial charge < -0.3 is 14.9 Å². The number of benzene rings is 3. The van der Waals surface area contributed by atoms with Gasteiger partial charge in [-0.3, -0.25) is 5.32 Å². The summed E-state index contributed by atoms with van der Waals surface area (Å²) in [5, 5.41) is 23.1. The molecule has 6 nitrogen and oxygen atoms in total. The predicted octanol–water partition coefficient (Wildman–Crippen LogP) is 5.11. The fraction of sp³-hybridized carbons (Fsp3) is 0.130. The van der Waals surface area contributed by atoms with Crippen molar-refractivity contribution >= 4 is 28.5 Å². The van der Waals surface area contributed by atoms with E-state index < -0.39 is 24.1 Å². The van der Waals surface area contributed by atoms with Gasteiger partial charge in [0.2, 0.25) is 0 Å². The summed E-state index contributed by atoms with van der Waals surface area (Å²) >= 11 is 0. The molecule has 0 saturated carbocycles. The number of carboxylic acid groups (broad SMARTS) is 1. The van der Waals surface area contributed by atoms with Crippen molar-refractivity contribution in [1.82, 2.24) is 0 Å². The summed E-state index contributed by atoms with van der Waals surface area (Å²) < 4.78 is 5.71. The molecule has 0 bridgehead atoms. The first kappa shape index (κ1) is 19.9. The number of para-hydroxylation sites is 1. The van der Waals surface area contributed by atoms with Crippen LogP contribution < -0.4 is 5.32 Å². The number of aliphatic carboxylic acids is 1. The van der Waals surface area contributed by atoms with Crippen molar-refractivity contribution in [3.05, 3.63) is 84.4 Å². The first-order valence-electron chi connectivity index (χ1n) is 9.10. The summed E-state index contributed by atoms with van der Waals surface area (Å²) in [5.74, 6) is -1.40. The predicted molar refractivity (Wildman–Crippen MR) is 111 cm³/mol. The number of nitrogens with one attached hydrogen (secondary N) is 1. The molecule has 2 atom stereocenters. The molecule has 0 aliphatic carbocycles. The molecule has 0 aliphatic heterocycles. The van der Waals surface area contributed by atoms with Crippen molar-refractivity contribution in [1.29, 1.82) is 0 Å². The largest absolute Gasteiger partial charge is 0.507 e. The molecular weight excluding hydrogens is 370 g/mol. The van der Waals surface area contributed by atoms with E-state index in [0.717, 1.165) is 11.5 Å². The molecule has 0 spiro atoms. The van der Waals surface area contributed by atoms with E-state index in [2.05, 4.69) is 5.32 Å². The van der Waals surface area contributed by atoms with Gasteiger partial charge in [0.1, 0.15) is 11.9 Å². The molecular formula is C23H21NO5. The molecule has 3 N–H and O–H groups in total. The third-order valence-corrected chi connectivity index (χ3v) is 4.52. The van der Waals surface area contributed by atoms with Crippen LogP contribution in [0.3, 0.4) is 0 Å². The average Bonchev–Trinajstić information content (AvgIpc) is 2.72. The number of anilines is 1. The van der Waals surface area contributed by atoms with E-state index >= 15 is 0 Å². The van der Waals surface area contributed by atoms with Crippen molar-refractivity contribution in [3.8, 4) is 5.75 Å². The molecule has 0 heterocycles. The minimum Gasteiger partial charge on any atom is -0.507 e. The Balaban J connectivity index is 1.96. The van der Waals surface area contributed by atoms with Gasteiger partial charge in [-0.2, -0.15) is 0 Å². The number of phenols is 1. The number of hydrogen-bond donors (Lipinski definition) is 3. The van der Waals surface area contributed by atoms with Crippen LogP contribution in [-0.2, 0) is 9.53 Å². The second-order valence-electron chi connectivity index (χ2n) is 6.59. The number of ether oxygens (including phenoxy) is 1. The van der Waals surface area contributed by atoms with Gasteiger partial charge in [-0.15, -0.1) is 0 Å². The van der Waals surface area contributed by atoms with Crippen molar-refractivity contribution in [2.75, 3.05) is 5.32 Å². The fourth-order valence-corrected chi connectivity index (χ4v) is 3.13. The molecule has 0 aliphatic rings. The van der Waals surface area contributed by atoms with Gasteiger partial charge in [0, 0.05) is 28.6 Å². The second-order valence-corrected chi connectivity index (χ2v) is 6.59. The zero-order valence-corrected chi connectivity index (χ0v) is 15.8. The van der Waals surface area contributed by atoms with E-state index in [9.17, 15) is 14.7 Å². The number of fused-ring (bicyclic) bond motifs is 1. The average molecular weight is 391 g/mol. The maximum absolute atomic E-state index is 12.5.